The number of hydrogen-bond acceptors (Lipinski definition) is 10. The molecule has 0 aliphatic heterocycles. The second kappa shape index (κ2) is 11.7. The zero-order valence-electron chi connectivity index (χ0n) is 17.0. The molecule has 1 atom stereocenters. The van der Waals surface area contributed by atoms with E-state index in [0.717, 1.165) is 5.56 Å². The molecule has 0 saturated heterocycles. The Bertz CT molecular complexity index is 1110. The first-order valence-corrected chi connectivity index (χ1v) is 11.0. The number of nitrogens with one attached hydrogen (secondary N) is 1. The zero-order valence-corrected chi connectivity index (χ0v) is 18.7. The van der Waals surface area contributed by atoms with Crippen LogP contribution in [0.3, 0.4) is 0 Å². The van der Waals surface area contributed by atoms with Gasteiger partial charge < -0.3 is 29.0 Å². The molecule has 0 amide bonds. The number of carbonyl (C=O) groups excluding carboxylic acids is 1. The summed E-state index contributed by atoms with van der Waals surface area (Å²) >= 11 is 5.99. The Morgan fingerprint density at radius 2 is 2.19 bits per heavy atom. The Kier molecular flexibility index (Phi) is 8.77. The summed E-state index contributed by atoms with van der Waals surface area (Å²) in [5, 5.41) is 0.585. The molecule has 0 spiro atoms. The molecule has 0 aliphatic carbocycles. The minimum Gasteiger partial charge on any atom is -0.438 e. The number of rotatable bonds is 11. The lowest BCUT2D eigenvalue weighted by atomic mass is 10.2. The highest BCUT2D eigenvalue weighted by Gasteiger charge is 2.14. The molecule has 1 unspecified atom stereocenters. The van der Waals surface area contributed by atoms with Crippen LogP contribution < -0.4 is 11.3 Å². The van der Waals surface area contributed by atoms with Crippen molar-refractivity contribution in [2.45, 2.75) is 13.2 Å². The summed E-state index contributed by atoms with van der Waals surface area (Å²) in [6, 6.07) is 7.19. The number of benzene rings is 1. The number of nitrogen functional groups attached to an aromatic ring is 1. The van der Waals surface area contributed by atoms with E-state index in [1.807, 2.05) is 12.1 Å². The average Bonchev–Trinajstić information content (AvgIpc) is 3.17. The van der Waals surface area contributed by atoms with Gasteiger partial charge in [0.05, 0.1) is 26.7 Å². The van der Waals surface area contributed by atoms with Crippen LogP contribution in [0.25, 0.3) is 11.2 Å². The Morgan fingerprint density at radius 3 is 2.97 bits per heavy atom. The van der Waals surface area contributed by atoms with E-state index in [4.69, 9.17) is 35.9 Å². The Morgan fingerprint density at radius 1 is 1.34 bits per heavy atom. The molecule has 3 N–H and O–H groups in total. The van der Waals surface area contributed by atoms with E-state index in [0.29, 0.717) is 17.2 Å². The maximum absolute atomic E-state index is 11.8. The number of nitrogens with zero attached hydrogens (tertiary/aromatic N) is 3. The highest BCUT2D eigenvalue weighted by Crippen LogP contribution is 2.39. The van der Waals surface area contributed by atoms with E-state index >= 15 is 0 Å². The number of aromatic amines is 1. The van der Waals surface area contributed by atoms with Gasteiger partial charge in [0.15, 0.2) is 11.2 Å². The Labute approximate surface area is 188 Å². The lowest BCUT2D eigenvalue weighted by molar-refractivity contribution is 0.0100. The van der Waals surface area contributed by atoms with Crippen LogP contribution in [0.4, 0.5) is 10.7 Å². The third kappa shape index (κ3) is 6.87. The summed E-state index contributed by atoms with van der Waals surface area (Å²) in [5.74, 6) is 0.00195. The number of nitrogens with two attached hydrogens (primary N) is 1. The number of hydrogen-bond donors (Lipinski definition) is 2. The smallest absolute Gasteiger partial charge is 0.438 e. The van der Waals surface area contributed by atoms with Crippen LogP contribution in [0.5, 0.6) is 0 Å². The first-order valence-electron chi connectivity index (χ1n) is 9.23. The van der Waals surface area contributed by atoms with Crippen molar-refractivity contribution in [1.82, 2.24) is 19.5 Å². The van der Waals surface area contributed by atoms with Gasteiger partial charge in [-0.2, -0.15) is 4.98 Å². The number of ether oxygens (including phenoxy) is 3. The van der Waals surface area contributed by atoms with Crippen molar-refractivity contribution < 1.29 is 28.1 Å². The van der Waals surface area contributed by atoms with Gasteiger partial charge in [0.1, 0.15) is 6.35 Å². The molecule has 0 aliphatic rings. The van der Waals surface area contributed by atoms with Gasteiger partial charge in [-0.05, 0) is 17.7 Å². The predicted octanol–water partition coefficient (Wildman–Crippen LogP) is 2.62. The fourth-order valence-electron chi connectivity index (χ4n) is 2.51. The van der Waals surface area contributed by atoms with Crippen molar-refractivity contribution in [1.29, 1.82) is 0 Å². The summed E-state index contributed by atoms with van der Waals surface area (Å²) in [5.41, 5.74) is 6.58. The highest BCUT2D eigenvalue weighted by atomic mass is 35.5. The SMILES string of the molecule is COC(=O)OCOP(COCCn1cnc2c(=O)[nH]c(N)nc21)OCc1cccc(Cl)c1. The van der Waals surface area contributed by atoms with Gasteiger partial charge in [0.25, 0.3) is 5.56 Å². The lowest BCUT2D eigenvalue weighted by Crippen LogP contribution is -2.13. The molecule has 2 heterocycles. The summed E-state index contributed by atoms with van der Waals surface area (Å²) in [6.45, 7) is 0.490. The van der Waals surface area contributed by atoms with Gasteiger partial charge in [0.2, 0.25) is 21.1 Å². The van der Waals surface area contributed by atoms with E-state index in [1.54, 1.807) is 16.7 Å². The van der Waals surface area contributed by atoms with Gasteiger partial charge in [-0.15, -0.1) is 0 Å². The molecule has 0 bridgehead atoms. The van der Waals surface area contributed by atoms with Crippen molar-refractivity contribution in [3.8, 4) is 0 Å². The number of aromatic nitrogens is 4. The predicted molar refractivity (Wildman–Crippen MR) is 116 cm³/mol. The number of carbonyl (C=O) groups is 1. The third-order valence-corrected chi connectivity index (χ3v) is 5.41. The maximum Gasteiger partial charge on any atom is 0.510 e. The van der Waals surface area contributed by atoms with E-state index in [-0.39, 0.29) is 37.8 Å². The van der Waals surface area contributed by atoms with Crippen molar-refractivity contribution in [3.05, 3.63) is 51.5 Å². The molecule has 2 aromatic heterocycles. The summed E-state index contributed by atoms with van der Waals surface area (Å²) < 4.78 is 27.7. The highest BCUT2D eigenvalue weighted by molar-refractivity contribution is 7.46. The number of imidazole rings is 1. The van der Waals surface area contributed by atoms with Crippen LogP contribution in [0.2, 0.25) is 5.02 Å². The standard InChI is InChI=1S/C18H21ClN5O7P/c1-27-18(26)29-10-31-32(30-8-12-3-2-4-13(19)7-12)11-28-6-5-24-9-21-14-15(24)22-17(20)23-16(14)25/h2-4,7,9H,5-6,8,10-11H2,1H3,(H3,20,22,23,25). The largest absolute Gasteiger partial charge is 0.510 e. The van der Waals surface area contributed by atoms with E-state index in [2.05, 4.69) is 19.7 Å². The summed E-state index contributed by atoms with van der Waals surface area (Å²) in [4.78, 5) is 33.5. The average molecular weight is 486 g/mol. The molecule has 172 valence electrons. The third-order valence-electron chi connectivity index (χ3n) is 3.97. The van der Waals surface area contributed by atoms with Crippen LogP contribution in [0.15, 0.2) is 35.4 Å². The molecule has 3 rings (SSSR count). The topological polar surface area (TPSA) is 153 Å². The van der Waals surface area contributed by atoms with E-state index < -0.39 is 20.1 Å². The number of methoxy groups -OCH3 is 1. The molecule has 0 saturated carbocycles. The minimum absolute atomic E-state index is 0.00195. The lowest BCUT2D eigenvalue weighted by Gasteiger charge is -2.17. The first-order chi connectivity index (χ1) is 15.5. The zero-order chi connectivity index (χ0) is 22.9. The van der Waals surface area contributed by atoms with Crippen molar-refractivity contribution in [2.75, 3.05) is 32.6 Å². The molecule has 0 radical (unpaired) electrons. The van der Waals surface area contributed by atoms with Gasteiger partial charge in [-0.1, -0.05) is 23.7 Å². The molecule has 14 heteroatoms. The number of halogens is 1. The van der Waals surface area contributed by atoms with Gasteiger partial charge in [-0.25, -0.2) is 9.78 Å². The first kappa shape index (κ1) is 23.9. The maximum atomic E-state index is 11.8. The molecule has 12 nitrogen and oxygen atoms in total. The summed E-state index contributed by atoms with van der Waals surface area (Å²) in [6.07, 6.45) is 0.711. The number of H-pyrrole nitrogens is 1. The van der Waals surface area contributed by atoms with Crippen LogP contribution in [0, 0.1) is 0 Å². The van der Waals surface area contributed by atoms with Gasteiger partial charge >= 0.3 is 6.16 Å². The second-order valence-corrected chi connectivity index (χ2v) is 8.06. The van der Waals surface area contributed by atoms with Gasteiger partial charge in [0, 0.05) is 11.6 Å². The Balaban J connectivity index is 1.53. The number of fused-ring (bicyclic) bond motifs is 1. The second-order valence-electron chi connectivity index (χ2n) is 6.18. The van der Waals surface area contributed by atoms with E-state index in [9.17, 15) is 9.59 Å². The van der Waals surface area contributed by atoms with Crippen molar-refractivity contribution >= 4 is 43.2 Å². The van der Waals surface area contributed by atoms with Crippen molar-refractivity contribution in [3.63, 3.8) is 0 Å². The normalized spacial score (nSPS) is 12.1. The monoisotopic (exact) mass is 485 g/mol. The minimum atomic E-state index is -1.56. The quantitative estimate of drug-likeness (QED) is 0.179. The van der Waals surface area contributed by atoms with Crippen LogP contribution in [-0.2, 0) is 36.4 Å². The van der Waals surface area contributed by atoms with Crippen LogP contribution in [0.1, 0.15) is 5.56 Å². The fraction of sp³-hybridized carbons (Fsp3) is 0.333. The van der Waals surface area contributed by atoms with Crippen molar-refractivity contribution in [2.24, 2.45) is 0 Å². The molecule has 3 aromatic rings. The van der Waals surface area contributed by atoms with E-state index in [1.165, 1.54) is 13.4 Å². The van der Waals surface area contributed by atoms with Crippen LogP contribution >= 0.6 is 20.0 Å². The van der Waals surface area contributed by atoms with Crippen LogP contribution in [-0.4, -0.2) is 52.5 Å². The molecular weight excluding hydrogens is 465 g/mol. The molecule has 1 aromatic carbocycles. The molecule has 0 fully saturated rings. The molecular formula is C18H21ClN5O7P. The fourth-order valence-corrected chi connectivity index (χ4v) is 3.69. The van der Waals surface area contributed by atoms with Gasteiger partial charge in [-0.3, -0.25) is 14.3 Å². The number of anilines is 1. The Hall–Kier alpha value is -2.76. The summed E-state index contributed by atoms with van der Waals surface area (Å²) in [7, 11) is -0.363. The molecule has 32 heavy (non-hydrogen) atoms.